The van der Waals surface area contributed by atoms with Crippen molar-refractivity contribution >= 4 is 11.6 Å². The number of ether oxygens (including phenoxy) is 1. The zero-order chi connectivity index (χ0) is 13.0. The molecule has 0 N–H and O–H groups in total. The standard InChI is InChI=1S/C15H16ClNO/c1-11-6-7-13(17-10-11)9-15(16)12-4-3-5-14(8-12)18-2/h3-8,10,15H,9H2,1-2H3. The fourth-order valence-electron chi connectivity index (χ4n) is 1.76. The van der Waals surface area contributed by atoms with Crippen molar-refractivity contribution in [1.29, 1.82) is 0 Å². The first-order valence-corrected chi connectivity index (χ1v) is 6.32. The molecule has 94 valence electrons. The number of hydrogen-bond donors (Lipinski definition) is 0. The van der Waals surface area contributed by atoms with Crippen LogP contribution in [0.5, 0.6) is 5.75 Å². The molecule has 2 rings (SSSR count). The zero-order valence-electron chi connectivity index (χ0n) is 10.6. The van der Waals surface area contributed by atoms with Gasteiger partial charge in [0.15, 0.2) is 0 Å². The second kappa shape index (κ2) is 5.87. The molecular weight excluding hydrogens is 246 g/mol. The Balaban J connectivity index is 2.11. The Labute approximate surface area is 113 Å². The maximum atomic E-state index is 6.41. The van der Waals surface area contributed by atoms with Crippen LogP contribution in [-0.4, -0.2) is 12.1 Å². The number of hydrogen-bond acceptors (Lipinski definition) is 2. The van der Waals surface area contributed by atoms with E-state index >= 15 is 0 Å². The molecule has 1 heterocycles. The smallest absolute Gasteiger partial charge is 0.119 e. The first kappa shape index (κ1) is 12.9. The van der Waals surface area contributed by atoms with Gasteiger partial charge in [0.25, 0.3) is 0 Å². The molecule has 0 saturated heterocycles. The van der Waals surface area contributed by atoms with Crippen LogP contribution >= 0.6 is 11.6 Å². The fraction of sp³-hybridized carbons (Fsp3) is 0.267. The molecule has 0 fully saturated rings. The Kier molecular flexibility index (Phi) is 4.21. The number of halogens is 1. The van der Waals surface area contributed by atoms with E-state index in [-0.39, 0.29) is 5.38 Å². The average Bonchev–Trinajstić information content (AvgIpc) is 2.41. The third kappa shape index (κ3) is 3.23. The average molecular weight is 262 g/mol. The van der Waals surface area contributed by atoms with Crippen molar-refractivity contribution in [2.24, 2.45) is 0 Å². The summed E-state index contributed by atoms with van der Waals surface area (Å²) in [5.74, 6) is 0.829. The molecule has 0 radical (unpaired) electrons. The van der Waals surface area contributed by atoms with Crippen molar-refractivity contribution in [3.05, 3.63) is 59.4 Å². The summed E-state index contributed by atoms with van der Waals surface area (Å²) in [5, 5.41) is -0.0877. The number of methoxy groups -OCH3 is 1. The van der Waals surface area contributed by atoms with Gasteiger partial charge in [-0.05, 0) is 36.2 Å². The molecule has 0 aliphatic rings. The SMILES string of the molecule is COc1cccc(C(Cl)Cc2ccc(C)cn2)c1. The topological polar surface area (TPSA) is 22.1 Å². The Morgan fingerprint density at radius 2 is 2.11 bits per heavy atom. The van der Waals surface area contributed by atoms with Crippen LogP contribution in [0.1, 0.15) is 22.2 Å². The molecular formula is C15H16ClNO. The summed E-state index contributed by atoms with van der Waals surface area (Å²) in [6.45, 7) is 2.02. The van der Waals surface area contributed by atoms with Gasteiger partial charge in [0, 0.05) is 18.3 Å². The zero-order valence-corrected chi connectivity index (χ0v) is 11.3. The van der Waals surface area contributed by atoms with Crippen LogP contribution in [0.2, 0.25) is 0 Å². The molecule has 1 aromatic heterocycles. The lowest BCUT2D eigenvalue weighted by Gasteiger charge is -2.11. The number of nitrogens with zero attached hydrogens (tertiary/aromatic N) is 1. The minimum absolute atomic E-state index is 0.0877. The van der Waals surface area contributed by atoms with Crippen molar-refractivity contribution in [3.8, 4) is 5.75 Å². The van der Waals surface area contributed by atoms with Crippen LogP contribution in [0.15, 0.2) is 42.6 Å². The minimum atomic E-state index is -0.0877. The van der Waals surface area contributed by atoms with Gasteiger partial charge in [-0.1, -0.05) is 18.2 Å². The van der Waals surface area contributed by atoms with Gasteiger partial charge >= 0.3 is 0 Å². The first-order valence-electron chi connectivity index (χ1n) is 5.88. The number of rotatable bonds is 4. The molecule has 0 saturated carbocycles. The maximum absolute atomic E-state index is 6.41. The molecule has 18 heavy (non-hydrogen) atoms. The second-order valence-corrected chi connectivity index (χ2v) is 4.80. The largest absolute Gasteiger partial charge is 0.497 e. The second-order valence-electron chi connectivity index (χ2n) is 4.28. The Morgan fingerprint density at radius 3 is 2.78 bits per heavy atom. The predicted octanol–water partition coefficient (Wildman–Crippen LogP) is 3.92. The summed E-state index contributed by atoms with van der Waals surface area (Å²) < 4.78 is 5.20. The molecule has 1 unspecified atom stereocenters. The lowest BCUT2D eigenvalue weighted by Crippen LogP contribution is -1.98. The van der Waals surface area contributed by atoms with E-state index in [0.717, 1.165) is 29.0 Å². The van der Waals surface area contributed by atoms with Crippen molar-refractivity contribution in [3.63, 3.8) is 0 Å². The molecule has 2 nitrogen and oxygen atoms in total. The van der Waals surface area contributed by atoms with Gasteiger partial charge in [-0.2, -0.15) is 0 Å². The maximum Gasteiger partial charge on any atom is 0.119 e. The lowest BCUT2D eigenvalue weighted by molar-refractivity contribution is 0.414. The van der Waals surface area contributed by atoms with Gasteiger partial charge in [0.2, 0.25) is 0 Å². The third-order valence-corrected chi connectivity index (χ3v) is 3.22. The molecule has 2 aromatic rings. The van der Waals surface area contributed by atoms with Gasteiger partial charge in [-0.25, -0.2) is 0 Å². The normalized spacial score (nSPS) is 12.2. The van der Waals surface area contributed by atoms with E-state index in [0.29, 0.717) is 0 Å². The molecule has 0 amide bonds. The van der Waals surface area contributed by atoms with E-state index in [9.17, 15) is 0 Å². The Hall–Kier alpha value is -1.54. The van der Waals surface area contributed by atoms with Crippen molar-refractivity contribution < 1.29 is 4.74 Å². The van der Waals surface area contributed by atoms with E-state index in [1.807, 2.05) is 43.5 Å². The van der Waals surface area contributed by atoms with Crippen molar-refractivity contribution in [2.45, 2.75) is 18.7 Å². The molecule has 1 atom stereocenters. The summed E-state index contributed by atoms with van der Waals surface area (Å²) in [7, 11) is 1.66. The van der Waals surface area contributed by atoms with Crippen LogP contribution in [0.25, 0.3) is 0 Å². The van der Waals surface area contributed by atoms with Gasteiger partial charge in [-0.3, -0.25) is 4.98 Å². The number of pyridine rings is 1. The van der Waals surface area contributed by atoms with Crippen molar-refractivity contribution in [2.75, 3.05) is 7.11 Å². The van der Waals surface area contributed by atoms with Gasteiger partial charge in [0.05, 0.1) is 12.5 Å². The highest BCUT2D eigenvalue weighted by Crippen LogP contribution is 2.27. The number of alkyl halides is 1. The summed E-state index contributed by atoms with van der Waals surface area (Å²) >= 11 is 6.41. The quantitative estimate of drug-likeness (QED) is 0.779. The Bertz CT molecular complexity index is 510. The molecule has 3 heteroatoms. The van der Waals surface area contributed by atoms with Gasteiger partial charge in [0.1, 0.15) is 5.75 Å². The number of benzene rings is 1. The highest BCUT2D eigenvalue weighted by Gasteiger charge is 2.10. The summed E-state index contributed by atoms with van der Waals surface area (Å²) in [6, 6.07) is 11.9. The molecule has 1 aromatic carbocycles. The lowest BCUT2D eigenvalue weighted by atomic mass is 10.1. The van der Waals surface area contributed by atoms with Crippen LogP contribution in [0.4, 0.5) is 0 Å². The van der Waals surface area contributed by atoms with E-state index in [1.54, 1.807) is 7.11 Å². The Morgan fingerprint density at radius 1 is 1.28 bits per heavy atom. The number of aryl methyl sites for hydroxylation is 1. The highest BCUT2D eigenvalue weighted by atomic mass is 35.5. The fourth-order valence-corrected chi connectivity index (χ4v) is 2.05. The third-order valence-electron chi connectivity index (χ3n) is 2.82. The summed E-state index contributed by atoms with van der Waals surface area (Å²) in [4.78, 5) is 4.37. The minimum Gasteiger partial charge on any atom is -0.497 e. The highest BCUT2D eigenvalue weighted by molar-refractivity contribution is 6.20. The summed E-state index contributed by atoms with van der Waals surface area (Å²) in [6.07, 6.45) is 2.58. The van der Waals surface area contributed by atoms with E-state index in [2.05, 4.69) is 11.1 Å². The van der Waals surface area contributed by atoms with Gasteiger partial charge < -0.3 is 4.74 Å². The van der Waals surface area contributed by atoms with Crippen LogP contribution < -0.4 is 4.74 Å². The molecule has 0 aliphatic carbocycles. The summed E-state index contributed by atoms with van der Waals surface area (Å²) in [5.41, 5.74) is 3.22. The van der Waals surface area contributed by atoms with E-state index < -0.39 is 0 Å². The van der Waals surface area contributed by atoms with E-state index in [1.165, 1.54) is 0 Å². The van der Waals surface area contributed by atoms with Crippen LogP contribution in [0, 0.1) is 6.92 Å². The van der Waals surface area contributed by atoms with Crippen LogP contribution in [0.3, 0.4) is 0 Å². The molecule has 0 aliphatic heterocycles. The number of aromatic nitrogens is 1. The van der Waals surface area contributed by atoms with Crippen LogP contribution in [-0.2, 0) is 6.42 Å². The first-order chi connectivity index (χ1) is 8.69. The molecule has 0 spiro atoms. The van der Waals surface area contributed by atoms with E-state index in [4.69, 9.17) is 16.3 Å². The monoisotopic (exact) mass is 261 g/mol. The van der Waals surface area contributed by atoms with Gasteiger partial charge in [-0.15, -0.1) is 11.6 Å². The molecule has 0 bridgehead atoms. The van der Waals surface area contributed by atoms with Crippen molar-refractivity contribution in [1.82, 2.24) is 4.98 Å². The predicted molar refractivity (Wildman–Crippen MR) is 74.3 cm³/mol.